The van der Waals surface area contributed by atoms with Crippen molar-refractivity contribution >= 4 is 41.0 Å². The van der Waals surface area contributed by atoms with Gasteiger partial charge in [0, 0.05) is 23.4 Å². The summed E-state index contributed by atoms with van der Waals surface area (Å²) in [4.78, 5) is 26.3. The number of nitrogens with one attached hydrogen (secondary N) is 1. The number of hydrogen-bond acceptors (Lipinski definition) is 3. The fraction of sp³-hybridized carbons (Fsp3) is 0.0833. The van der Waals surface area contributed by atoms with Crippen molar-refractivity contribution in [2.24, 2.45) is 0 Å². The summed E-state index contributed by atoms with van der Waals surface area (Å²) in [7, 11) is 0. The summed E-state index contributed by atoms with van der Waals surface area (Å²) >= 11 is 1.32. The number of benzene rings is 3. The van der Waals surface area contributed by atoms with Gasteiger partial charge in [0.1, 0.15) is 17.0 Å². The van der Waals surface area contributed by atoms with E-state index in [9.17, 15) is 18.4 Å². The minimum Gasteiger partial charge on any atom is -0.322 e. The number of carbonyl (C=O) groups excluding carboxylic acids is 2. The smallest absolute Gasteiger partial charge is 0.248 e. The van der Waals surface area contributed by atoms with Crippen LogP contribution in [0.25, 0.3) is 6.08 Å². The first-order chi connectivity index (χ1) is 15.0. The molecule has 0 bridgehead atoms. The number of anilines is 2. The van der Waals surface area contributed by atoms with E-state index in [1.54, 1.807) is 30.3 Å². The van der Waals surface area contributed by atoms with Crippen LogP contribution in [-0.4, -0.2) is 17.6 Å². The maximum atomic E-state index is 14.4. The molecule has 1 atom stereocenters. The number of carbonyl (C=O) groups is 2. The molecule has 0 spiro atoms. The van der Waals surface area contributed by atoms with E-state index in [-0.39, 0.29) is 23.3 Å². The van der Waals surface area contributed by atoms with Crippen LogP contribution in [0.5, 0.6) is 0 Å². The van der Waals surface area contributed by atoms with Gasteiger partial charge in [-0.15, -0.1) is 11.8 Å². The number of nitrogens with zero attached hydrogens (tertiary/aromatic N) is 1. The molecule has 31 heavy (non-hydrogen) atoms. The van der Waals surface area contributed by atoms with E-state index < -0.39 is 17.0 Å². The second-order valence-corrected chi connectivity index (χ2v) is 7.91. The molecule has 4 rings (SSSR count). The quantitative estimate of drug-likeness (QED) is 0.545. The van der Waals surface area contributed by atoms with Crippen molar-refractivity contribution in [3.63, 3.8) is 0 Å². The second kappa shape index (κ2) is 9.14. The summed E-state index contributed by atoms with van der Waals surface area (Å²) in [6.45, 7) is 0. The van der Waals surface area contributed by atoms with Gasteiger partial charge in [0.25, 0.3) is 0 Å². The first-order valence-electron chi connectivity index (χ1n) is 9.54. The number of amides is 2. The maximum Gasteiger partial charge on any atom is 0.248 e. The molecule has 1 unspecified atom stereocenters. The normalized spacial score (nSPS) is 16.1. The molecular formula is C24H18F2N2O2S. The van der Waals surface area contributed by atoms with Gasteiger partial charge in [-0.3, -0.25) is 14.5 Å². The van der Waals surface area contributed by atoms with Crippen LogP contribution in [-0.2, 0) is 9.59 Å². The number of rotatable bonds is 5. The third-order valence-corrected chi connectivity index (χ3v) is 5.94. The van der Waals surface area contributed by atoms with Gasteiger partial charge in [0.15, 0.2) is 0 Å². The van der Waals surface area contributed by atoms with Crippen molar-refractivity contribution in [1.82, 2.24) is 0 Å². The number of halogens is 2. The molecule has 0 aliphatic carbocycles. The van der Waals surface area contributed by atoms with Crippen molar-refractivity contribution in [2.75, 3.05) is 16.0 Å². The van der Waals surface area contributed by atoms with E-state index in [0.717, 1.165) is 17.7 Å². The lowest BCUT2D eigenvalue weighted by Crippen LogP contribution is -2.29. The highest BCUT2D eigenvalue weighted by atomic mass is 32.2. The summed E-state index contributed by atoms with van der Waals surface area (Å²) in [5.74, 6) is -1.99. The first kappa shape index (κ1) is 20.8. The van der Waals surface area contributed by atoms with E-state index in [1.165, 1.54) is 28.8 Å². The number of thioether (sulfide) groups is 1. The van der Waals surface area contributed by atoms with Gasteiger partial charge in [0.05, 0.1) is 11.4 Å². The van der Waals surface area contributed by atoms with Crippen LogP contribution in [0.2, 0.25) is 0 Å². The van der Waals surface area contributed by atoms with Crippen LogP contribution >= 0.6 is 11.8 Å². The molecule has 0 saturated carbocycles. The van der Waals surface area contributed by atoms with Crippen molar-refractivity contribution in [3.8, 4) is 0 Å². The molecule has 1 aliphatic rings. The average Bonchev–Trinajstić information content (AvgIpc) is 3.14. The van der Waals surface area contributed by atoms with Crippen molar-refractivity contribution < 1.29 is 18.4 Å². The molecule has 1 heterocycles. The fourth-order valence-electron chi connectivity index (χ4n) is 3.33. The van der Waals surface area contributed by atoms with Gasteiger partial charge in [-0.2, -0.15) is 0 Å². The van der Waals surface area contributed by atoms with Crippen LogP contribution < -0.4 is 10.2 Å². The Morgan fingerprint density at radius 1 is 1.03 bits per heavy atom. The first-order valence-corrected chi connectivity index (χ1v) is 10.6. The van der Waals surface area contributed by atoms with Gasteiger partial charge in [-0.05, 0) is 29.8 Å². The minimum atomic E-state index is -0.812. The molecule has 1 aliphatic heterocycles. The van der Waals surface area contributed by atoms with E-state index in [1.807, 2.05) is 30.3 Å². The van der Waals surface area contributed by atoms with Gasteiger partial charge in [-0.1, -0.05) is 48.5 Å². The Labute approximate surface area is 182 Å². The standard InChI is InChI=1S/C24H18F2N2O2S/c25-17-11-12-21(19(26)14-17)28-23(30)15-31-24(28)18-8-4-5-9-20(18)27-22(29)13-10-16-6-2-1-3-7-16/h1-14,24H,15H2,(H,27,29). The Hall–Kier alpha value is -3.45. The molecule has 0 radical (unpaired) electrons. The molecule has 3 aromatic carbocycles. The highest BCUT2D eigenvalue weighted by Gasteiger charge is 2.36. The van der Waals surface area contributed by atoms with Gasteiger partial charge < -0.3 is 5.32 Å². The third-order valence-electron chi connectivity index (χ3n) is 4.75. The molecule has 0 aromatic heterocycles. The zero-order valence-corrected chi connectivity index (χ0v) is 17.1. The van der Waals surface area contributed by atoms with E-state index >= 15 is 0 Å². The lowest BCUT2D eigenvalue weighted by Gasteiger charge is -2.26. The molecule has 4 nitrogen and oxygen atoms in total. The summed E-state index contributed by atoms with van der Waals surface area (Å²) in [5, 5.41) is 2.28. The lowest BCUT2D eigenvalue weighted by molar-refractivity contribution is -0.116. The summed E-state index contributed by atoms with van der Waals surface area (Å²) in [6, 6.07) is 19.6. The SMILES string of the molecule is O=C(C=Cc1ccccc1)Nc1ccccc1C1SCC(=O)N1c1ccc(F)cc1F. The van der Waals surface area contributed by atoms with Crippen LogP contribution in [0.4, 0.5) is 20.2 Å². The molecular weight excluding hydrogens is 418 g/mol. The molecule has 156 valence electrons. The van der Waals surface area contributed by atoms with E-state index in [2.05, 4.69) is 5.32 Å². The fourth-order valence-corrected chi connectivity index (χ4v) is 4.53. The van der Waals surface area contributed by atoms with Crippen LogP contribution in [0, 0.1) is 11.6 Å². The molecule has 1 fully saturated rings. The van der Waals surface area contributed by atoms with Gasteiger partial charge in [0.2, 0.25) is 11.8 Å². The van der Waals surface area contributed by atoms with E-state index in [4.69, 9.17) is 0 Å². The average molecular weight is 436 g/mol. The molecule has 1 saturated heterocycles. The molecule has 1 N–H and O–H groups in total. The zero-order chi connectivity index (χ0) is 21.8. The highest BCUT2D eigenvalue weighted by Crippen LogP contribution is 2.44. The topological polar surface area (TPSA) is 49.4 Å². The van der Waals surface area contributed by atoms with E-state index in [0.29, 0.717) is 11.3 Å². The summed E-state index contributed by atoms with van der Waals surface area (Å²) < 4.78 is 27.8. The summed E-state index contributed by atoms with van der Waals surface area (Å²) in [6.07, 6.45) is 3.13. The predicted octanol–water partition coefficient (Wildman–Crippen LogP) is 5.40. The number of hydrogen-bond donors (Lipinski definition) is 1. The highest BCUT2D eigenvalue weighted by molar-refractivity contribution is 8.00. The molecule has 7 heteroatoms. The Morgan fingerprint density at radius 3 is 2.55 bits per heavy atom. The maximum absolute atomic E-state index is 14.4. The second-order valence-electron chi connectivity index (χ2n) is 6.84. The number of para-hydroxylation sites is 1. The largest absolute Gasteiger partial charge is 0.322 e. The lowest BCUT2D eigenvalue weighted by atomic mass is 10.1. The van der Waals surface area contributed by atoms with Gasteiger partial charge >= 0.3 is 0 Å². The zero-order valence-electron chi connectivity index (χ0n) is 16.3. The monoisotopic (exact) mass is 436 g/mol. The summed E-state index contributed by atoms with van der Waals surface area (Å²) in [5.41, 5.74) is 2.07. The van der Waals surface area contributed by atoms with Crippen LogP contribution in [0.3, 0.4) is 0 Å². The van der Waals surface area contributed by atoms with Crippen molar-refractivity contribution in [2.45, 2.75) is 5.37 Å². The Morgan fingerprint density at radius 2 is 1.77 bits per heavy atom. The Kier molecular flexibility index (Phi) is 6.13. The Bertz CT molecular complexity index is 1150. The molecule has 2 amide bonds. The molecule has 3 aromatic rings. The minimum absolute atomic E-state index is 0.00602. The van der Waals surface area contributed by atoms with Crippen molar-refractivity contribution in [1.29, 1.82) is 0 Å². The van der Waals surface area contributed by atoms with Crippen LogP contribution in [0.1, 0.15) is 16.5 Å². The predicted molar refractivity (Wildman–Crippen MR) is 120 cm³/mol. The van der Waals surface area contributed by atoms with Gasteiger partial charge in [-0.25, -0.2) is 8.78 Å². The third kappa shape index (κ3) is 4.67. The Balaban J connectivity index is 1.60. The van der Waals surface area contributed by atoms with Crippen molar-refractivity contribution in [3.05, 3.63) is 102 Å². The van der Waals surface area contributed by atoms with Crippen LogP contribution in [0.15, 0.2) is 78.9 Å².